The van der Waals surface area contributed by atoms with E-state index in [2.05, 4.69) is 5.32 Å². The number of hydrogen-bond donors (Lipinski definition) is 1. The van der Waals surface area contributed by atoms with Gasteiger partial charge >= 0.3 is 5.97 Å². The highest BCUT2D eigenvalue weighted by Crippen LogP contribution is 2.23. The molecule has 0 aliphatic rings. The van der Waals surface area contributed by atoms with Crippen molar-refractivity contribution >= 4 is 22.8 Å². The summed E-state index contributed by atoms with van der Waals surface area (Å²) in [5, 5.41) is 3.68. The first kappa shape index (κ1) is 17.7. The van der Waals surface area contributed by atoms with Crippen LogP contribution in [-0.4, -0.2) is 18.5 Å². The van der Waals surface area contributed by atoms with Gasteiger partial charge < -0.3 is 14.5 Å². The maximum absolute atomic E-state index is 12.8. The number of ether oxygens (including phenoxy) is 1. The maximum Gasteiger partial charge on any atom is 0.310 e. The summed E-state index contributed by atoms with van der Waals surface area (Å²) in [5.74, 6) is -0.730. The summed E-state index contributed by atoms with van der Waals surface area (Å²) >= 11 is 0. The van der Waals surface area contributed by atoms with E-state index >= 15 is 0 Å². The van der Waals surface area contributed by atoms with Crippen molar-refractivity contribution in [3.05, 3.63) is 71.7 Å². The second kappa shape index (κ2) is 7.82. The Balaban J connectivity index is 1.48. The van der Waals surface area contributed by atoms with E-state index in [-0.39, 0.29) is 24.9 Å². The van der Waals surface area contributed by atoms with Crippen LogP contribution in [0.1, 0.15) is 24.3 Å². The van der Waals surface area contributed by atoms with Gasteiger partial charge in [-0.15, -0.1) is 0 Å². The first-order chi connectivity index (χ1) is 12.5. The summed E-state index contributed by atoms with van der Waals surface area (Å²) in [6.45, 7) is 1.40. The van der Waals surface area contributed by atoms with E-state index in [0.29, 0.717) is 11.3 Å². The van der Waals surface area contributed by atoms with Crippen LogP contribution in [-0.2, 0) is 20.7 Å². The van der Waals surface area contributed by atoms with Gasteiger partial charge in [-0.05, 0) is 36.8 Å². The zero-order valence-corrected chi connectivity index (χ0v) is 14.2. The number of rotatable bonds is 6. The number of nitrogens with one attached hydrogen (secondary N) is 1. The zero-order chi connectivity index (χ0) is 18.5. The summed E-state index contributed by atoms with van der Waals surface area (Å²) < 4.78 is 23.5. The van der Waals surface area contributed by atoms with E-state index in [4.69, 9.17) is 9.15 Å². The van der Waals surface area contributed by atoms with Crippen molar-refractivity contribution in [3.8, 4) is 0 Å². The largest absolute Gasteiger partial charge is 0.459 e. The average Bonchev–Trinajstić information content (AvgIpc) is 3.06. The van der Waals surface area contributed by atoms with Crippen molar-refractivity contribution in [2.75, 3.05) is 6.61 Å². The lowest BCUT2D eigenvalue weighted by Crippen LogP contribution is -2.31. The van der Waals surface area contributed by atoms with Crippen LogP contribution in [0.5, 0.6) is 0 Å². The number of carbonyl (C=O) groups excluding carboxylic acids is 2. The number of carbonyl (C=O) groups is 2. The molecule has 6 heteroatoms. The van der Waals surface area contributed by atoms with Crippen LogP contribution in [0, 0.1) is 5.82 Å². The lowest BCUT2D eigenvalue weighted by atomic mass is 10.1. The smallest absolute Gasteiger partial charge is 0.310 e. The summed E-state index contributed by atoms with van der Waals surface area (Å²) in [6.07, 6.45) is -0.0211. The van der Waals surface area contributed by atoms with Crippen molar-refractivity contribution < 1.29 is 23.1 Å². The van der Waals surface area contributed by atoms with Gasteiger partial charge in [-0.2, -0.15) is 0 Å². The Kier molecular flexibility index (Phi) is 5.31. The molecule has 1 atom stereocenters. The summed E-state index contributed by atoms with van der Waals surface area (Å²) in [6, 6.07) is 14.6. The van der Waals surface area contributed by atoms with Crippen LogP contribution in [0.15, 0.2) is 59.0 Å². The van der Waals surface area contributed by atoms with Gasteiger partial charge in [-0.1, -0.05) is 30.3 Å². The van der Waals surface area contributed by atoms with Gasteiger partial charge in [0.2, 0.25) is 0 Å². The predicted octanol–water partition coefficient (Wildman–Crippen LogP) is 3.54. The topological polar surface area (TPSA) is 68.5 Å². The van der Waals surface area contributed by atoms with Crippen LogP contribution in [0.3, 0.4) is 0 Å². The Bertz CT molecular complexity index is 884. The molecule has 0 saturated carbocycles. The standard InChI is InChI=1S/C20H18FNO4/c1-13(18-11-15-4-2-3-5-17(15)26-18)22-19(23)12-25-20(24)10-14-6-8-16(21)9-7-14/h2-9,11,13H,10,12H2,1H3,(H,22,23)/t13-/m0/s1. The molecule has 0 bridgehead atoms. The number of halogens is 1. The first-order valence-corrected chi connectivity index (χ1v) is 8.19. The van der Waals surface area contributed by atoms with Crippen LogP contribution in [0.4, 0.5) is 4.39 Å². The van der Waals surface area contributed by atoms with Crippen molar-refractivity contribution in [2.24, 2.45) is 0 Å². The molecule has 2 aromatic carbocycles. The number of benzene rings is 2. The number of furan rings is 1. The molecule has 0 aliphatic carbocycles. The number of amides is 1. The fourth-order valence-electron chi connectivity index (χ4n) is 2.54. The first-order valence-electron chi connectivity index (χ1n) is 8.19. The third-order valence-corrected chi connectivity index (χ3v) is 3.87. The highest BCUT2D eigenvalue weighted by molar-refractivity contribution is 5.82. The Labute approximate surface area is 149 Å². The van der Waals surface area contributed by atoms with Gasteiger partial charge in [0.25, 0.3) is 5.91 Å². The van der Waals surface area contributed by atoms with E-state index in [9.17, 15) is 14.0 Å². The monoisotopic (exact) mass is 355 g/mol. The van der Waals surface area contributed by atoms with E-state index in [1.165, 1.54) is 24.3 Å². The van der Waals surface area contributed by atoms with Crippen molar-refractivity contribution in [3.63, 3.8) is 0 Å². The van der Waals surface area contributed by atoms with Crippen molar-refractivity contribution in [1.82, 2.24) is 5.32 Å². The second-order valence-corrected chi connectivity index (χ2v) is 5.94. The van der Waals surface area contributed by atoms with E-state index in [1.54, 1.807) is 6.92 Å². The van der Waals surface area contributed by atoms with Gasteiger partial charge in [0.1, 0.15) is 17.2 Å². The molecular weight excluding hydrogens is 337 g/mol. The average molecular weight is 355 g/mol. The minimum atomic E-state index is -0.553. The van der Waals surface area contributed by atoms with Crippen LogP contribution < -0.4 is 5.32 Å². The number of hydrogen-bond acceptors (Lipinski definition) is 4. The summed E-state index contributed by atoms with van der Waals surface area (Å²) in [5.41, 5.74) is 1.36. The lowest BCUT2D eigenvalue weighted by molar-refractivity contribution is -0.148. The van der Waals surface area contributed by atoms with E-state index in [0.717, 1.165) is 11.0 Å². The molecule has 3 aromatic rings. The van der Waals surface area contributed by atoms with Crippen molar-refractivity contribution in [1.29, 1.82) is 0 Å². The predicted molar refractivity (Wildman–Crippen MR) is 93.8 cm³/mol. The van der Waals surface area contributed by atoms with Crippen LogP contribution >= 0.6 is 0 Å². The van der Waals surface area contributed by atoms with Gasteiger partial charge in [0, 0.05) is 5.39 Å². The molecular formula is C20H18FNO4. The fraction of sp³-hybridized carbons (Fsp3) is 0.200. The van der Waals surface area contributed by atoms with Crippen molar-refractivity contribution in [2.45, 2.75) is 19.4 Å². The third kappa shape index (κ3) is 4.47. The van der Waals surface area contributed by atoms with Gasteiger partial charge in [-0.3, -0.25) is 9.59 Å². The minimum Gasteiger partial charge on any atom is -0.459 e. The van der Waals surface area contributed by atoms with Gasteiger partial charge in [0.15, 0.2) is 6.61 Å². The molecule has 0 spiro atoms. The van der Waals surface area contributed by atoms with E-state index in [1.807, 2.05) is 30.3 Å². The molecule has 0 saturated heterocycles. The highest BCUT2D eigenvalue weighted by atomic mass is 19.1. The Hall–Kier alpha value is -3.15. The molecule has 0 radical (unpaired) electrons. The summed E-state index contributed by atoms with van der Waals surface area (Å²) in [7, 11) is 0. The molecule has 0 fully saturated rings. The maximum atomic E-state index is 12.8. The molecule has 26 heavy (non-hydrogen) atoms. The molecule has 3 rings (SSSR count). The quantitative estimate of drug-likeness (QED) is 0.687. The van der Waals surface area contributed by atoms with Gasteiger partial charge in [-0.25, -0.2) is 4.39 Å². The molecule has 5 nitrogen and oxygen atoms in total. The Morgan fingerprint density at radius 1 is 1.15 bits per heavy atom. The molecule has 1 aromatic heterocycles. The number of fused-ring (bicyclic) bond motifs is 1. The Morgan fingerprint density at radius 3 is 2.62 bits per heavy atom. The third-order valence-electron chi connectivity index (χ3n) is 3.87. The van der Waals surface area contributed by atoms with Crippen LogP contribution in [0.25, 0.3) is 11.0 Å². The summed E-state index contributed by atoms with van der Waals surface area (Å²) in [4.78, 5) is 23.7. The van der Waals surface area contributed by atoms with Crippen LogP contribution in [0.2, 0.25) is 0 Å². The normalized spacial score (nSPS) is 11.9. The Morgan fingerprint density at radius 2 is 1.88 bits per heavy atom. The molecule has 1 heterocycles. The zero-order valence-electron chi connectivity index (χ0n) is 14.2. The molecule has 0 unspecified atom stereocenters. The second-order valence-electron chi connectivity index (χ2n) is 5.94. The van der Waals surface area contributed by atoms with Gasteiger partial charge in [0.05, 0.1) is 12.5 Å². The number of esters is 1. The fourth-order valence-corrected chi connectivity index (χ4v) is 2.54. The minimum absolute atomic E-state index is 0.0211. The SMILES string of the molecule is C[C@H](NC(=O)COC(=O)Cc1ccc(F)cc1)c1cc2ccccc2o1. The molecule has 134 valence electrons. The number of para-hydroxylation sites is 1. The van der Waals surface area contributed by atoms with E-state index < -0.39 is 11.9 Å². The highest BCUT2D eigenvalue weighted by Gasteiger charge is 2.15. The molecule has 1 N–H and O–H groups in total. The molecule has 1 amide bonds. The lowest BCUT2D eigenvalue weighted by Gasteiger charge is -2.11. The molecule has 0 aliphatic heterocycles.